The van der Waals surface area contributed by atoms with Gasteiger partial charge in [0.25, 0.3) is 0 Å². The van der Waals surface area contributed by atoms with Crippen molar-refractivity contribution in [3.63, 3.8) is 0 Å². The lowest BCUT2D eigenvalue weighted by atomic mass is 9.78. The first-order valence-corrected chi connectivity index (χ1v) is 11.5. The fraction of sp³-hybridized carbons (Fsp3) is 0.214. The van der Waals surface area contributed by atoms with Crippen LogP contribution in [0.2, 0.25) is 0 Å². The van der Waals surface area contributed by atoms with Crippen LogP contribution in [0.25, 0.3) is 12.2 Å². The van der Waals surface area contributed by atoms with Crippen LogP contribution in [0.1, 0.15) is 26.3 Å². The molecule has 2 atom stereocenters. The largest absolute Gasteiger partial charge is 0.370 e. The molecule has 6 nitrogen and oxygen atoms in total. The van der Waals surface area contributed by atoms with Gasteiger partial charge in [-0.2, -0.15) is 0 Å². The van der Waals surface area contributed by atoms with Crippen LogP contribution < -0.4 is 16.0 Å². The molecule has 0 radical (unpaired) electrons. The Morgan fingerprint density at radius 1 is 0.971 bits per heavy atom. The van der Waals surface area contributed by atoms with Gasteiger partial charge in [0.05, 0.1) is 28.2 Å². The van der Waals surface area contributed by atoms with E-state index < -0.39 is 22.3 Å². The Labute approximate surface area is 201 Å². The van der Waals surface area contributed by atoms with E-state index in [9.17, 15) is 4.79 Å². The quantitative estimate of drug-likeness (QED) is 0.680. The summed E-state index contributed by atoms with van der Waals surface area (Å²) in [5, 5.41) is 4.94. The molecule has 8 bridgehead atoms. The van der Waals surface area contributed by atoms with Gasteiger partial charge in [-0.15, -0.1) is 0 Å². The van der Waals surface area contributed by atoms with Gasteiger partial charge in [-0.05, 0) is 81.5 Å². The highest BCUT2D eigenvalue weighted by Gasteiger charge is 2.55. The summed E-state index contributed by atoms with van der Waals surface area (Å²) in [6, 6.07) is 7.46. The molecule has 2 unspecified atom stereocenters. The zero-order chi connectivity index (χ0) is 24.4. The van der Waals surface area contributed by atoms with E-state index in [-0.39, 0.29) is 11.5 Å². The Hall–Kier alpha value is -4.13. The number of carbonyl (C=O) groups excluding carboxylic acids is 1. The van der Waals surface area contributed by atoms with E-state index in [1.807, 2.05) is 36.4 Å². The van der Waals surface area contributed by atoms with Crippen molar-refractivity contribution in [2.75, 3.05) is 0 Å². The summed E-state index contributed by atoms with van der Waals surface area (Å²) in [6.45, 7) is 5.25. The summed E-state index contributed by atoms with van der Waals surface area (Å²) in [6.07, 6.45) is 16.1. The van der Waals surface area contributed by atoms with Crippen molar-refractivity contribution in [3.05, 3.63) is 101 Å². The van der Waals surface area contributed by atoms with Crippen LogP contribution in [0.15, 0.2) is 94.2 Å². The summed E-state index contributed by atoms with van der Waals surface area (Å²) in [4.78, 5) is 30.7. The average molecular weight is 466 g/mol. The van der Waals surface area contributed by atoms with Crippen molar-refractivity contribution in [1.82, 2.24) is 15.3 Å². The number of aliphatic imine (C=N–C) groups is 2. The molecular weight excluding hydrogens is 441 g/mol. The molecule has 0 saturated carbocycles. The highest BCUT2D eigenvalue weighted by Crippen LogP contribution is 2.48. The molecule has 0 aromatic carbocycles. The minimum Gasteiger partial charge on any atom is -0.370 e. The molecule has 2 N–H and O–H groups in total. The Balaban J connectivity index is 1.67. The third-order valence-electron chi connectivity index (χ3n) is 6.96. The van der Waals surface area contributed by atoms with Crippen LogP contribution in [0.3, 0.4) is 0 Å². The molecule has 174 valence electrons. The normalized spacial score (nSPS) is 28.2. The molecular formula is C28H24FN5O. The van der Waals surface area contributed by atoms with Gasteiger partial charge in [0, 0.05) is 28.7 Å². The highest BCUT2D eigenvalue weighted by atomic mass is 19.1. The highest BCUT2D eigenvalue weighted by molar-refractivity contribution is 6.20. The third kappa shape index (κ3) is 3.22. The molecule has 6 rings (SSSR count). The van der Waals surface area contributed by atoms with E-state index in [2.05, 4.69) is 20.3 Å². The molecule has 6 heterocycles. The number of ketones is 1. The number of aromatic nitrogens is 2. The molecule has 0 spiro atoms. The van der Waals surface area contributed by atoms with Crippen LogP contribution in [0.5, 0.6) is 0 Å². The van der Waals surface area contributed by atoms with Gasteiger partial charge >= 0.3 is 0 Å². The number of hydrogen-bond acceptors (Lipinski definition) is 5. The number of aromatic amines is 1. The number of halogens is 1. The van der Waals surface area contributed by atoms with Gasteiger partial charge in [0.15, 0.2) is 17.1 Å². The summed E-state index contributed by atoms with van der Waals surface area (Å²) in [5.74, 6) is -0.662. The lowest BCUT2D eigenvalue weighted by molar-refractivity contribution is -0.126. The number of nitrogens with one attached hydrogen (secondary N) is 2. The molecule has 1 saturated heterocycles. The van der Waals surface area contributed by atoms with Crippen molar-refractivity contribution < 1.29 is 9.18 Å². The Morgan fingerprint density at radius 3 is 2.49 bits per heavy atom. The third-order valence-corrected chi connectivity index (χ3v) is 6.96. The molecule has 4 aliphatic heterocycles. The number of allylic oxidation sites excluding steroid dienone is 4. The molecule has 35 heavy (non-hydrogen) atoms. The zero-order valence-electron chi connectivity index (χ0n) is 19.6. The van der Waals surface area contributed by atoms with Gasteiger partial charge in [0.2, 0.25) is 0 Å². The lowest BCUT2D eigenvalue weighted by Gasteiger charge is -2.27. The van der Waals surface area contributed by atoms with Gasteiger partial charge in [-0.1, -0.05) is 6.07 Å². The number of H-pyrrole nitrogens is 1. The Bertz CT molecular complexity index is 1580. The maximum Gasteiger partial charge on any atom is 0.173 e. The minimum absolute atomic E-state index is 0.138. The fourth-order valence-corrected chi connectivity index (χ4v) is 5.19. The van der Waals surface area contributed by atoms with Crippen molar-refractivity contribution >= 4 is 29.4 Å². The SMILES string of the molecule is CC12C=C3C=CC(=N3)C=c3ccc([nH]3)=CC3=NC(c4cccnc4)(C=C3)C(F)=C(N1)C(C)(C)C2=O. The fourth-order valence-electron chi connectivity index (χ4n) is 5.19. The van der Waals surface area contributed by atoms with E-state index in [1.165, 1.54) is 0 Å². The molecule has 1 fully saturated rings. The number of pyridine rings is 1. The zero-order valence-corrected chi connectivity index (χ0v) is 19.6. The number of hydrogen-bond donors (Lipinski definition) is 2. The van der Waals surface area contributed by atoms with Crippen molar-refractivity contribution in [2.45, 2.75) is 31.8 Å². The first kappa shape index (κ1) is 21.4. The summed E-state index contributed by atoms with van der Waals surface area (Å²) < 4.78 is 16.8. The molecule has 2 aromatic heterocycles. The van der Waals surface area contributed by atoms with E-state index in [0.717, 1.165) is 16.4 Å². The topological polar surface area (TPSA) is 82.5 Å². The predicted molar refractivity (Wildman–Crippen MR) is 135 cm³/mol. The van der Waals surface area contributed by atoms with Crippen LogP contribution in [-0.4, -0.2) is 32.7 Å². The molecule has 2 aromatic rings. The second-order valence-corrected chi connectivity index (χ2v) is 9.95. The number of rotatable bonds is 1. The standard InChI is InChI=1S/C28H24FN5O/c1-26(2)24-23(29)28(17-5-4-12-30-16-17)11-10-21(33-28)14-20-7-6-18(31-20)13-19-8-9-22(32-19)15-27(3,34-24)25(26)35/h4-16,31,34H,1-3H3. The number of Topliss-reactive ketones (excluding diaryl/α,β-unsaturated/α-hetero) is 1. The number of carbonyl (C=O) groups is 1. The van der Waals surface area contributed by atoms with Crippen LogP contribution in [0, 0.1) is 5.41 Å². The predicted octanol–water partition coefficient (Wildman–Crippen LogP) is 2.92. The van der Waals surface area contributed by atoms with Crippen LogP contribution >= 0.6 is 0 Å². The van der Waals surface area contributed by atoms with E-state index in [0.29, 0.717) is 17.0 Å². The summed E-state index contributed by atoms with van der Waals surface area (Å²) >= 11 is 0. The second-order valence-electron chi connectivity index (χ2n) is 9.95. The summed E-state index contributed by atoms with van der Waals surface area (Å²) in [7, 11) is 0. The molecule has 4 aliphatic rings. The van der Waals surface area contributed by atoms with E-state index in [1.54, 1.807) is 63.5 Å². The van der Waals surface area contributed by atoms with E-state index in [4.69, 9.17) is 4.99 Å². The first-order valence-electron chi connectivity index (χ1n) is 11.5. The van der Waals surface area contributed by atoms with Gasteiger partial charge in [0.1, 0.15) is 5.54 Å². The van der Waals surface area contributed by atoms with Crippen LogP contribution in [-0.2, 0) is 10.3 Å². The maximum absolute atomic E-state index is 16.8. The molecule has 0 amide bonds. The number of fused-ring (bicyclic) bond motifs is 6. The maximum atomic E-state index is 16.8. The van der Waals surface area contributed by atoms with Crippen molar-refractivity contribution in [2.24, 2.45) is 15.4 Å². The number of nitrogens with zero attached hydrogens (tertiary/aromatic N) is 3. The molecule has 0 aliphatic carbocycles. The molecule has 7 heteroatoms. The first-order chi connectivity index (χ1) is 16.7. The van der Waals surface area contributed by atoms with Crippen molar-refractivity contribution in [1.29, 1.82) is 0 Å². The minimum atomic E-state index is -1.43. The Morgan fingerprint density at radius 2 is 1.74 bits per heavy atom. The monoisotopic (exact) mass is 465 g/mol. The Kier molecular flexibility index (Phi) is 4.39. The van der Waals surface area contributed by atoms with Gasteiger partial charge in [-0.25, -0.2) is 9.38 Å². The van der Waals surface area contributed by atoms with Gasteiger partial charge in [-0.3, -0.25) is 14.8 Å². The van der Waals surface area contributed by atoms with E-state index >= 15 is 4.39 Å². The van der Waals surface area contributed by atoms with Crippen LogP contribution in [0.4, 0.5) is 4.39 Å². The second kappa shape index (κ2) is 7.18. The van der Waals surface area contributed by atoms with Gasteiger partial charge < -0.3 is 10.3 Å². The lowest BCUT2D eigenvalue weighted by Crippen LogP contribution is -2.41. The summed E-state index contributed by atoms with van der Waals surface area (Å²) in [5.41, 5.74) is -0.868. The smallest absolute Gasteiger partial charge is 0.173 e. The average Bonchev–Trinajstić information content (AvgIpc) is 3.60. The van der Waals surface area contributed by atoms with Crippen molar-refractivity contribution in [3.8, 4) is 0 Å².